The van der Waals surface area contributed by atoms with E-state index >= 15 is 0 Å². The monoisotopic (exact) mass is 250 g/mol. The van der Waals surface area contributed by atoms with Crippen LogP contribution >= 0.6 is 0 Å². The standard InChI is InChI=1S/C13H12F2N2O/c1-18-13-12(3-2-6-16-13)17-8-9-4-5-10(14)11(15)7-9/h2-7,17H,8H2,1H3. The Kier molecular flexibility index (Phi) is 3.72. The van der Waals surface area contributed by atoms with Crippen LogP contribution in [-0.4, -0.2) is 12.1 Å². The molecule has 2 aromatic rings. The molecule has 0 amide bonds. The second kappa shape index (κ2) is 5.44. The maximum absolute atomic E-state index is 13.0. The van der Waals surface area contributed by atoms with Crippen molar-refractivity contribution in [3.05, 3.63) is 53.7 Å². The summed E-state index contributed by atoms with van der Waals surface area (Å²) in [5.74, 6) is -1.25. The number of ether oxygens (including phenoxy) is 1. The minimum Gasteiger partial charge on any atom is -0.480 e. The fourth-order valence-electron chi connectivity index (χ4n) is 1.53. The first kappa shape index (κ1) is 12.3. The summed E-state index contributed by atoms with van der Waals surface area (Å²) in [6, 6.07) is 7.34. The summed E-state index contributed by atoms with van der Waals surface area (Å²) in [7, 11) is 1.52. The minimum absolute atomic E-state index is 0.360. The highest BCUT2D eigenvalue weighted by Crippen LogP contribution is 2.20. The van der Waals surface area contributed by atoms with E-state index in [4.69, 9.17) is 4.74 Å². The predicted molar refractivity (Wildman–Crippen MR) is 64.5 cm³/mol. The molecule has 3 nitrogen and oxygen atoms in total. The lowest BCUT2D eigenvalue weighted by atomic mass is 10.2. The Morgan fingerprint density at radius 1 is 1.22 bits per heavy atom. The van der Waals surface area contributed by atoms with E-state index < -0.39 is 11.6 Å². The normalized spacial score (nSPS) is 10.2. The molecule has 0 spiro atoms. The van der Waals surface area contributed by atoms with E-state index in [2.05, 4.69) is 10.3 Å². The molecule has 0 aliphatic carbocycles. The first-order valence-corrected chi connectivity index (χ1v) is 5.37. The molecular weight excluding hydrogens is 238 g/mol. The third-order valence-electron chi connectivity index (χ3n) is 2.43. The van der Waals surface area contributed by atoms with Gasteiger partial charge < -0.3 is 10.1 Å². The fourth-order valence-corrected chi connectivity index (χ4v) is 1.53. The zero-order valence-electron chi connectivity index (χ0n) is 9.78. The minimum atomic E-state index is -0.854. The lowest BCUT2D eigenvalue weighted by Gasteiger charge is -2.09. The fraction of sp³-hybridized carbons (Fsp3) is 0.154. The van der Waals surface area contributed by atoms with Crippen molar-refractivity contribution in [3.63, 3.8) is 0 Å². The van der Waals surface area contributed by atoms with E-state index in [9.17, 15) is 8.78 Å². The highest BCUT2D eigenvalue weighted by Gasteiger charge is 2.05. The number of hydrogen-bond donors (Lipinski definition) is 1. The molecule has 0 aliphatic rings. The van der Waals surface area contributed by atoms with Crippen molar-refractivity contribution in [3.8, 4) is 5.88 Å². The highest BCUT2D eigenvalue weighted by atomic mass is 19.2. The van der Waals surface area contributed by atoms with Crippen molar-refractivity contribution in [1.29, 1.82) is 0 Å². The number of aromatic nitrogens is 1. The zero-order valence-corrected chi connectivity index (χ0v) is 9.78. The van der Waals surface area contributed by atoms with Crippen molar-refractivity contribution in [1.82, 2.24) is 4.98 Å². The molecule has 0 fully saturated rings. The van der Waals surface area contributed by atoms with Crippen LogP contribution in [-0.2, 0) is 6.54 Å². The molecule has 0 atom stereocenters. The number of hydrogen-bond acceptors (Lipinski definition) is 3. The summed E-state index contributed by atoms with van der Waals surface area (Å²) in [6.07, 6.45) is 1.61. The van der Waals surface area contributed by atoms with Gasteiger partial charge in [0.15, 0.2) is 11.6 Å². The third-order valence-corrected chi connectivity index (χ3v) is 2.43. The molecule has 0 unspecified atom stereocenters. The molecule has 1 heterocycles. The molecule has 18 heavy (non-hydrogen) atoms. The first-order chi connectivity index (χ1) is 8.70. The van der Waals surface area contributed by atoms with Crippen LogP contribution in [0.2, 0.25) is 0 Å². The Bertz CT molecular complexity index is 546. The Morgan fingerprint density at radius 2 is 2.06 bits per heavy atom. The third kappa shape index (κ3) is 2.74. The van der Waals surface area contributed by atoms with Gasteiger partial charge >= 0.3 is 0 Å². The zero-order chi connectivity index (χ0) is 13.0. The number of rotatable bonds is 4. The first-order valence-electron chi connectivity index (χ1n) is 5.37. The van der Waals surface area contributed by atoms with Crippen molar-refractivity contribution in [2.24, 2.45) is 0 Å². The van der Waals surface area contributed by atoms with Gasteiger partial charge in [-0.3, -0.25) is 0 Å². The molecular formula is C13H12F2N2O. The molecule has 0 aliphatic heterocycles. The van der Waals surface area contributed by atoms with Crippen molar-refractivity contribution in [2.45, 2.75) is 6.54 Å². The van der Waals surface area contributed by atoms with Crippen molar-refractivity contribution in [2.75, 3.05) is 12.4 Å². The van der Waals surface area contributed by atoms with Crippen molar-refractivity contribution < 1.29 is 13.5 Å². The van der Waals surface area contributed by atoms with Gasteiger partial charge in [-0.25, -0.2) is 13.8 Å². The smallest absolute Gasteiger partial charge is 0.237 e. The van der Waals surface area contributed by atoms with Gasteiger partial charge in [0.1, 0.15) is 0 Å². The molecule has 0 saturated carbocycles. The SMILES string of the molecule is COc1ncccc1NCc1ccc(F)c(F)c1. The van der Waals surface area contributed by atoms with E-state index in [1.54, 1.807) is 18.3 Å². The number of nitrogens with zero attached hydrogens (tertiary/aromatic N) is 1. The van der Waals surface area contributed by atoms with Crippen LogP contribution in [0.3, 0.4) is 0 Å². The van der Waals surface area contributed by atoms with E-state index in [1.165, 1.54) is 13.2 Å². The second-order valence-electron chi connectivity index (χ2n) is 3.66. The largest absolute Gasteiger partial charge is 0.480 e. The van der Waals surface area contributed by atoms with Gasteiger partial charge in [-0.1, -0.05) is 6.07 Å². The average Bonchev–Trinajstić information content (AvgIpc) is 2.40. The molecule has 0 saturated heterocycles. The quantitative estimate of drug-likeness (QED) is 0.905. The van der Waals surface area contributed by atoms with Gasteiger partial charge in [0, 0.05) is 12.7 Å². The van der Waals surface area contributed by atoms with Gasteiger partial charge in [-0.2, -0.15) is 0 Å². The number of nitrogens with one attached hydrogen (secondary N) is 1. The summed E-state index contributed by atoms with van der Waals surface area (Å²) in [5, 5.41) is 3.05. The van der Waals surface area contributed by atoms with Gasteiger partial charge in [0.2, 0.25) is 5.88 Å². The Hall–Kier alpha value is -2.17. The molecule has 0 bridgehead atoms. The summed E-state index contributed by atoms with van der Waals surface area (Å²) < 4.78 is 30.8. The van der Waals surface area contributed by atoms with Crippen LogP contribution in [0.15, 0.2) is 36.5 Å². The van der Waals surface area contributed by atoms with Crippen LogP contribution in [0, 0.1) is 11.6 Å². The number of halogens is 2. The van der Waals surface area contributed by atoms with E-state index in [0.29, 0.717) is 23.7 Å². The van der Waals surface area contributed by atoms with Gasteiger partial charge in [0.05, 0.1) is 12.8 Å². The van der Waals surface area contributed by atoms with Crippen LogP contribution in [0.25, 0.3) is 0 Å². The average molecular weight is 250 g/mol. The van der Waals surface area contributed by atoms with E-state index in [1.807, 2.05) is 0 Å². The second-order valence-corrected chi connectivity index (χ2v) is 3.66. The molecule has 1 aromatic heterocycles. The summed E-state index contributed by atoms with van der Waals surface area (Å²) in [4.78, 5) is 4.02. The van der Waals surface area contributed by atoms with Crippen LogP contribution in [0.4, 0.5) is 14.5 Å². The topological polar surface area (TPSA) is 34.1 Å². The van der Waals surface area contributed by atoms with E-state index in [0.717, 1.165) is 12.1 Å². The molecule has 94 valence electrons. The van der Waals surface area contributed by atoms with Crippen LogP contribution < -0.4 is 10.1 Å². The maximum Gasteiger partial charge on any atom is 0.237 e. The molecule has 5 heteroatoms. The Morgan fingerprint density at radius 3 is 2.78 bits per heavy atom. The summed E-state index contributed by atoms with van der Waals surface area (Å²) in [6.45, 7) is 0.360. The lowest BCUT2D eigenvalue weighted by Crippen LogP contribution is -2.03. The maximum atomic E-state index is 13.0. The van der Waals surface area contributed by atoms with Crippen molar-refractivity contribution >= 4 is 5.69 Å². The van der Waals surface area contributed by atoms with Gasteiger partial charge in [-0.15, -0.1) is 0 Å². The van der Waals surface area contributed by atoms with Crippen LogP contribution in [0.1, 0.15) is 5.56 Å². The molecule has 0 radical (unpaired) electrons. The molecule has 1 aromatic carbocycles. The number of benzene rings is 1. The summed E-state index contributed by atoms with van der Waals surface area (Å²) in [5.41, 5.74) is 1.34. The van der Waals surface area contributed by atoms with Gasteiger partial charge in [0.25, 0.3) is 0 Å². The van der Waals surface area contributed by atoms with Gasteiger partial charge in [-0.05, 0) is 29.8 Å². The predicted octanol–water partition coefficient (Wildman–Crippen LogP) is 2.98. The van der Waals surface area contributed by atoms with E-state index in [-0.39, 0.29) is 0 Å². The number of methoxy groups -OCH3 is 1. The number of pyridine rings is 1. The highest BCUT2D eigenvalue weighted by molar-refractivity contribution is 5.52. The Balaban J connectivity index is 2.09. The number of anilines is 1. The molecule has 2 rings (SSSR count). The summed E-state index contributed by atoms with van der Waals surface area (Å²) >= 11 is 0. The molecule has 1 N–H and O–H groups in total. The van der Waals surface area contributed by atoms with Crippen LogP contribution in [0.5, 0.6) is 5.88 Å². The Labute approximate surface area is 103 Å². The lowest BCUT2D eigenvalue weighted by molar-refractivity contribution is 0.399.